The van der Waals surface area contributed by atoms with E-state index in [-0.39, 0.29) is 23.5 Å². The quantitative estimate of drug-likeness (QED) is 0.812. The van der Waals surface area contributed by atoms with Crippen LogP contribution in [0.5, 0.6) is 0 Å². The fourth-order valence-electron chi connectivity index (χ4n) is 5.15. The molecule has 2 fully saturated rings. The van der Waals surface area contributed by atoms with Gasteiger partial charge < -0.3 is 9.88 Å². The van der Waals surface area contributed by atoms with Gasteiger partial charge in [-0.3, -0.25) is 9.69 Å². The standard InChI is InChI=1S/C22H31N3O3S/c1-3-25(18-10-13-29(27,28)15-18)21(26)14-24-11-8-17(9-12-24)22-16(2)23-20-7-5-4-6-19(20)22/h4-7,17-18,23H,3,8-15H2,1-2H3. The lowest BCUT2D eigenvalue weighted by Crippen LogP contribution is -2.47. The summed E-state index contributed by atoms with van der Waals surface area (Å²) in [6.07, 6.45) is 2.66. The lowest BCUT2D eigenvalue weighted by molar-refractivity contribution is -0.134. The minimum atomic E-state index is -2.98. The van der Waals surface area contributed by atoms with Gasteiger partial charge in [-0.2, -0.15) is 0 Å². The summed E-state index contributed by atoms with van der Waals surface area (Å²) in [7, 11) is -2.98. The average molecular weight is 418 g/mol. The Bertz CT molecular complexity index is 990. The summed E-state index contributed by atoms with van der Waals surface area (Å²) in [4.78, 5) is 20.4. The number of hydrogen-bond donors (Lipinski definition) is 1. The molecule has 1 N–H and O–H groups in total. The number of rotatable bonds is 5. The van der Waals surface area contributed by atoms with Crippen LogP contribution in [0.4, 0.5) is 0 Å². The van der Waals surface area contributed by atoms with Gasteiger partial charge >= 0.3 is 0 Å². The third kappa shape index (κ3) is 4.21. The Kier molecular flexibility index (Phi) is 5.71. The monoisotopic (exact) mass is 417 g/mol. The number of benzene rings is 1. The number of aryl methyl sites for hydroxylation is 1. The first-order valence-corrected chi connectivity index (χ1v) is 12.5. The van der Waals surface area contributed by atoms with Crippen LogP contribution in [-0.2, 0) is 14.6 Å². The summed E-state index contributed by atoms with van der Waals surface area (Å²) in [6, 6.07) is 8.32. The fraction of sp³-hybridized carbons (Fsp3) is 0.591. The molecule has 1 unspecified atom stereocenters. The van der Waals surface area contributed by atoms with E-state index < -0.39 is 9.84 Å². The van der Waals surface area contributed by atoms with Gasteiger partial charge in [0.1, 0.15) is 0 Å². The first kappa shape index (κ1) is 20.4. The lowest BCUT2D eigenvalue weighted by Gasteiger charge is -2.34. The zero-order chi connectivity index (χ0) is 20.6. The van der Waals surface area contributed by atoms with Crippen molar-refractivity contribution in [2.24, 2.45) is 0 Å². The molecular weight excluding hydrogens is 386 g/mol. The summed E-state index contributed by atoms with van der Waals surface area (Å²) in [5.74, 6) is 0.904. The molecule has 1 amide bonds. The van der Waals surface area contributed by atoms with Crippen LogP contribution in [0.25, 0.3) is 10.9 Å². The summed E-state index contributed by atoms with van der Waals surface area (Å²) < 4.78 is 23.6. The van der Waals surface area contributed by atoms with Crippen LogP contribution in [0.15, 0.2) is 24.3 Å². The molecule has 29 heavy (non-hydrogen) atoms. The summed E-state index contributed by atoms with van der Waals surface area (Å²) in [5, 5.41) is 1.32. The summed E-state index contributed by atoms with van der Waals surface area (Å²) >= 11 is 0. The van der Waals surface area contributed by atoms with Crippen LogP contribution in [0.1, 0.15) is 43.4 Å². The maximum absolute atomic E-state index is 12.9. The summed E-state index contributed by atoms with van der Waals surface area (Å²) in [5.41, 5.74) is 3.88. The van der Waals surface area contributed by atoms with Crippen LogP contribution >= 0.6 is 0 Å². The maximum atomic E-state index is 12.9. The highest BCUT2D eigenvalue weighted by molar-refractivity contribution is 7.91. The number of likely N-dealkylation sites (tertiary alicyclic amines) is 1. The van der Waals surface area contributed by atoms with E-state index in [1.807, 2.05) is 6.92 Å². The van der Waals surface area contributed by atoms with Crippen molar-refractivity contribution < 1.29 is 13.2 Å². The molecule has 2 aliphatic heterocycles. The van der Waals surface area contributed by atoms with E-state index in [9.17, 15) is 13.2 Å². The minimum Gasteiger partial charge on any atom is -0.358 e. The molecule has 2 saturated heterocycles. The lowest BCUT2D eigenvalue weighted by atomic mass is 9.87. The van der Waals surface area contributed by atoms with Crippen LogP contribution < -0.4 is 0 Å². The number of carbonyl (C=O) groups is 1. The Morgan fingerprint density at radius 1 is 1.21 bits per heavy atom. The number of nitrogens with zero attached hydrogens (tertiary/aromatic N) is 2. The Morgan fingerprint density at radius 2 is 1.93 bits per heavy atom. The van der Waals surface area contributed by atoms with Gasteiger partial charge in [0.05, 0.1) is 18.1 Å². The van der Waals surface area contributed by atoms with Gasteiger partial charge in [0.15, 0.2) is 9.84 Å². The van der Waals surface area contributed by atoms with Crippen molar-refractivity contribution >= 4 is 26.6 Å². The Morgan fingerprint density at radius 3 is 2.59 bits per heavy atom. The predicted octanol–water partition coefficient (Wildman–Crippen LogP) is 2.69. The zero-order valence-electron chi connectivity index (χ0n) is 17.4. The molecule has 4 rings (SSSR count). The molecule has 1 atom stereocenters. The van der Waals surface area contributed by atoms with Crippen molar-refractivity contribution in [3.05, 3.63) is 35.5 Å². The topological polar surface area (TPSA) is 73.5 Å². The molecular formula is C22H31N3O3S. The Hall–Kier alpha value is -1.86. The number of H-pyrrole nitrogens is 1. The number of piperidine rings is 1. The molecule has 0 radical (unpaired) electrons. The number of hydrogen-bond acceptors (Lipinski definition) is 4. The third-order valence-electron chi connectivity index (χ3n) is 6.61. The number of likely N-dealkylation sites (N-methyl/N-ethyl adjacent to an activating group) is 1. The molecule has 2 aromatic rings. The number of para-hydroxylation sites is 1. The second kappa shape index (κ2) is 8.11. The molecule has 6 nitrogen and oxygen atoms in total. The number of aromatic nitrogens is 1. The van der Waals surface area contributed by atoms with E-state index in [1.54, 1.807) is 4.90 Å². The second-order valence-corrected chi connectivity index (χ2v) is 10.7. The first-order chi connectivity index (χ1) is 13.9. The number of aromatic amines is 1. The molecule has 3 heterocycles. The number of carbonyl (C=O) groups excluding carboxylic acids is 1. The smallest absolute Gasteiger partial charge is 0.237 e. The van der Waals surface area contributed by atoms with Crippen LogP contribution in [0, 0.1) is 6.92 Å². The molecule has 0 bridgehead atoms. The Balaban J connectivity index is 1.37. The van der Waals surface area contributed by atoms with Crippen molar-refractivity contribution in [1.82, 2.24) is 14.8 Å². The van der Waals surface area contributed by atoms with E-state index in [1.165, 1.54) is 22.2 Å². The second-order valence-electron chi connectivity index (χ2n) is 8.50. The summed E-state index contributed by atoms with van der Waals surface area (Å²) in [6.45, 7) is 6.86. The first-order valence-electron chi connectivity index (χ1n) is 10.7. The maximum Gasteiger partial charge on any atom is 0.237 e. The number of amides is 1. The van der Waals surface area contributed by atoms with E-state index >= 15 is 0 Å². The molecule has 0 spiro atoms. The van der Waals surface area contributed by atoms with Crippen LogP contribution in [0.2, 0.25) is 0 Å². The van der Waals surface area contributed by atoms with Crippen LogP contribution in [-0.4, -0.2) is 72.8 Å². The molecule has 1 aromatic heterocycles. The van der Waals surface area contributed by atoms with Crippen molar-refractivity contribution in [2.75, 3.05) is 37.7 Å². The van der Waals surface area contributed by atoms with Gasteiger partial charge in [0.25, 0.3) is 0 Å². The largest absolute Gasteiger partial charge is 0.358 e. The van der Waals surface area contributed by atoms with E-state index in [4.69, 9.17) is 0 Å². The molecule has 0 aliphatic carbocycles. The van der Waals surface area contributed by atoms with Gasteiger partial charge in [-0.15, -0.1) is 0 Å². The Labute approximate surface area is 173 Å². The SMILES string of the molecule is CCN(C(=O)CN1CCC(c2c(C)[nH]c3ccccc23)CC1)C1CCS(=O)(=O)C1. The molecule has 0 saturated carbocycles. The zero-order valence-corrected chi connectivity index (χ0v) is 18.2. The van der Waals surface area contributed by atoms with E-state index in [0.717, 1.165) is 25.9 Å². The molecule has 2 aliphatic rings. The van der Waals surface area contributed by atoms with Crippen molar-refractivity contribution in [2.45, 2.75) is 45.1 Å². The normalized spacial score (nSPS) is 22.9. The van der Waals surface area contributed by atoms with Gasteiger partial charge in [-0.05, 0) is 63.7 Å². The highest BCUT2D eigenvalue weighted by Gasteiger charge is 2.34. The highest BCUT2D eigenvalue weighted by Crippen LogP contribution is 2.35. The predicted molar refractivity (Wildman–Crippen MR) is 116 cm³/mol. The molecule has 158 valence electrons. The van der Waals surface area contributed by atoms with Gasteiger partial charge in [-0.1, -0.05) is 18.2 Å². The molecule has 7 heteroatoms. The number of sulfone groups is 1. The molecule has 1 aromatic carbocycles. The van der Waals surface area contributed by atoms with Gasteiger partial charge in [0.2, 0.25) is 5.91 Å². The van der Waals surface area contributed by atoms with E-state index in [2.05, 4.69) is 41.1 Å². The number of fused-ring (bicyclic) bond motifs is 1. The van der Waals surface area contributed by atoms with Crippen molar-refractivity contribution in [1.29, 1.82) is 0 Å². The third-order valence-corrected chi connectivity index (χ3v) is 8.36. The van der Waals surface area contributed by atoms with Gasteiger partial charge in [-0.25, -0.2) is 8.42 Å². The highest BCUT2D eigenvalue weighted by atomic mass is 32.2. The van der Waals surface area contributed by atoms with Gasteiger partial charge in [0, 0.05) is 29.2 Å². The minimum absolute atomic E-state index is 0.0660. The fourth-order valence-corrected chi connectivity index (χ4v) is 6.88. The van der Waals surface area contributed by atoms with E-state index in [0.29, 0.717) is 25.4 Å². The van der Waals surface area contributed by atoms with Crippen molar-refractivity contribution in [3.63, 3.8) is 0 Å². The van der Waals surface area contributed by atoms with Crippen LogP contribution in [0.3, 0.4) is 0 Å². The number of nitrogens with one attached hydrogen (secondary N) is 1. The average Bonchev–Trinajstić information content (AvgIpc) is 3.21. The van der Waals surface area contributed by atoms with Crippen molar-refractivity contribution in [3.8, 4) is 0 Å².